The van der Waals surface area contributed by atoms with Gasteiger partial charge in [0.2, 0.25) is 0 Å². The standard InChI is InChI=1S/C11H16N2.C10H11N3.C9H9N3.3C2H7N/c1-2-8-9-6-4-3-5-7-10(9)13-11(8)12;1-2-4-8-7(3-1)9-10(13-8)12-6-5-11-9;1-2-6-7(3-1)12-9-8(6)10-4-5-11-9;3*1-3-2/h2H,3-7H2,1H3,(H2,12,13);5-6H,1-4H2,(H,12,13);4-5H,1-3H2,(H,11,12);3*3H,1-2H3/b8-2-;;;;;. The molecule has 0 fully saturated rings. The van der Waals surface area contributed by atoms with Crippen LogP contribution in [-0.2, 0) is 25.7 Å². The van der Waals surface area contributed by atoms with E-state index in [-0.39, 0.29) is 0 Å². The molecule has 8 rings (SSSR count). The SMILES string of the molecule is C/C=C1\C(N)=NC2=C1CCCCC2.CNC.CNC.CNC.c1cnc2c3c([nH]c2n1)CCC3.c1cnc2c3c([nH]c2n1)CCCC3. The van der Waals surface area contributed by atoms with E-state index in [2.05, 4.69) is 56.9 Å². The van der Waals surface area contributed by atoms with E-state index in [4.69, 9.17) is 5.73 Å². The van der Waals surface area contributed by atoms with E-state index >= 15 is 0 Å². The molecule has 5 heterocycles. The van der Waals surface area contributed by atoms with Crippen molar-refractivity contribution in [3.8, 4) is 0 Å². The largest absolute Gasteiger partial charge is 0.383 e. The highest BCUT2D eigenvalue weighted by Crippen LogP contribution is 2.34. The number of aliphatic imine (C=N–C) groups is 1. The molecule has 4 aliphatic rings. The molecule has 47 heavy (non-hydrogen) atoms. The Morgan fingerprint density at radius 2 is 1.04 bits per heavy atom. The van der Waals surface area contributed by atoms with Crippen molar-refractivity contribution in [1.29, 1.82) is 0 Å². The number of aryl methyl sites for hydroxylation is 4. The van der Waals surface area contributed by atoms with Crippen LogP contribution in [0.25, 0.3) is 22.3 Å². The molecule has 1 aliphatic heterocycles. The molecule has 0 spiro atoms. The molecular formula is C36H57N11. The van der Waals surface area contributed by atoms with Gasteiger partial charge in [0.05, 0.1) is 0 Å². The molecule has 0 saturated heterocycles. The highest BCUT2D eigenvalue weighted by atomic mass is 14.9. The van der Waals surface area contributed by atoms with E-state index in [0.717, 1.165) is 60.3 Å². The number of aromatic amines is 2. The van der Waals surface area contributed by atoms with Crippen molar-refractivity contribution in [3.05, 3.63) is 70.2 Å². The summed E-state index contributed by atoms with van der Waals surface area (Å²) < 4.78 is 0. The molecule has 0 unspecified atom stereocenters. The van der Waals surface area contributed by atoms with Crippen molar-refractivity contribution < 1.29 is 0 Å². The monoisotopic (exact) mass is 643 g/mol. The van der Waals surface area contributed by atoms with Gasteiger partial charge in [-0.05, 0) is 125 Å². The Morgan fingerprint density at radius 1 is 0.596 bits per heavy atom. The third-order valence-corrected chi connectivity index (χ3v) is 8.03. The van der Waals surface area contributed by atoms with Crippen LogP contribution in [0.2, 0.25) is 0 Å². The van der Waals surface area contributed by atoms with Crippen LogP contribution in [0.3, 0.4) is 0 Å². The molecule has 0 aromatic carbocycles. The van der Waals surface area contributed by atoms with E-state index in [9.17, 15) is 0 Å². The van der Waals surface area contributed by atoms with Gasteiger partial charge in [-0.25, -0.2) is 15.0 Å². The van der Waals surface area contributed by atoms with Crippen LogP contribution in [0.5, 0.6) is 0 Å². The lowest BCUT2D eigenvalue weighted by atomic mass is 9.98. The van der Waals surface area contributed by atoms with Crippen LogP contribution in [0, 0.1) is 0 Å². The minimum absolute atomic E-state index is 0.731. The molecule has 0 amide bonds. The van der Waals surface area contributed by atoms with Gasteiger partial charge in [-0.15, -0.1) is 0 Å². The third kappa shape index (κ3) is 10.3. The summed E-state index contributed by atoms with van der Waals surface area (Å²) in [6.45, 7) is 2.04. The zero-order valence-corrected chi connectivity index (χ0v) is 29.7. The van der Waals surface area contributed by atoms with Gasteiger partial charge in [0.15, 0.2) is 11.3 Å². The number of allylic oxidation sites excluding steroid dienone is 2. The fourth-order valence-corrected chi connectivity index (χ4v) is 6.20. The molecule has 0 atom stereocenters. The number of amidine groups is 1. The topological polar surface area (TPSA) is 158 Å². The molecule has 0 saturated carbocycles. The fourth-order valence-electron chi connectivity index (χ4n) is 6.20. The summed E-state index contributed by atoms with van der Waals surface area (Å²) in [5.41, 5.74) is 19.2. The third-order valence-electron chi connectivity index (χ3n) is 8.03. The smallest absolute Gasteiger partial charge is 0.156 e. The van der Waals surface area contributed by atoms with Gasteiger partial charge in [-0.2, -0.15) is 0 Å². The van der Waals surface area contributed by atoms with Crippen molar-refractivity contribution in [2.45, 2.75) is 84.0 Å². The Hall–Kier alpha value is -3.93. The second-order valence-corrected chi connectivity index (χ2v) is 11.9. The summed E-state index contributed by atoms with van der Waals surface area (Å²) >= 11 is 0. The molecule has 11 nitrogen and oxygen atoms in total. The molecular weight excluding hydrogens is 586 g/mol. The van der Waals surface area contributed by atoms with Gasteiger partial charge in [0.25, 0.3) is 0 Å². The number of H-pyrrole nitrogens is 2. The predicted octanol–water partition coefficient (Wildman–Crippen LogP) is 5.31. The maximum absolute atomic E-state index is 5.84. The molecule has 0 bridgehead atoms. The first-order valence-corrected chi connectivity index (χ1v) is 17.1. The van der Waals surface area contributed by atoms with E-state index in [1.54, 1.807) is 24.8 Å². The molecule has 11 heteroatoms. The average molecular weight is 644 g/mol. The van der Waals surface area contributed by atoms with E-state index in [1.165, 1.54) is 84.3 Å². The first kappa shape index (κ1) is 37.5. The number of hydrogen-bond donors (Lipinski definition) is 6. The van der Waals surface area contributed by atoms with Crippen molar-refractivity contribution >= 4 is 28.2 Å². The first-order valence-electron chi connectivity index (χ1n) is 17.1. The van der Waals surface area contributed by atoms with E-state index in [1.807, 2.05) is 49.2 Å². The summed E-state index contributed by atoms with van der Waals surface area (Å²) in [7, 11) is 11.2. The number of nitrogens with two attached hydrogens (primary N) is 1. The lowest BCUT2D eigenvalue weighted by Gasteiger charge is -2.09. The van der Waals surface area contributed by atoms with Crippen LogP contribution in [0.4, 0.5) is 0 Å². The van der Waals surface area contributed by atoms with Gasteiger partial charge in [-0.1, -0.05) is 12.5 Å². The van der Waals surface area contributed by atoms with Crippen LogP contribution in [0.15, 0.2) is 52.7 Å². The van der Waals surface area contributed by atoms with Gasteiger partial charge in [0.1, 0.15) is 16.9 Å². The summed E-state index contributed by atoms with van der Waals surface area (Å²) in [5.74, 6) is 0.731. The highest BCUT2D eigenvalue weighted by molar-refractivity contribution is 6.04. The summed E-state index contributed by atoms with van der Waals surface area (Å²) in [5, 5.41) is 8.25. The van der Waals surface area contributed by atoms with Gasteiger partial charge < -0.3 is 31.7 Å². The lowest BCUT2D eigenvalue weighted by molar-refractivity contribution is 0.679. The summed E-state index contributed by atoms with van der Waals surface area (Å²) in [6, 6.07) is 0. The second-order valence-electron chi connectivity index (χ2n) is 11.9. The number of nitrogens with zero attached hydrogens (tertiary/aromatic N) is 5. The van der Waals surface area contributed by atoms with Crippen LogP contribution < -0.4 is 21.7 Å². The van der Waals surface area contributed by atoms with Gasteiger partial charge in [0, 0.05) is 58.6 Å². The van der Waals surface area contributed by atoms with Crippen LogP contribution in [0.1, 0.15) is 80.8 Å². The van der Waals surface area contributed by atoms with Crippen molar-refractivity contribution in [3.63, 3.8) is 0 Å². The Balaban J connectivity index is 0.000000170. The summed E-state index contributed by atoms with van der Waals surface area (Å²) in [4.78, 5) is 28.2. The summed E-state index contributed by atoms with van der Waals surface area (Å²) in [6.07, 6.45) is 23.7. The van der Waals surface area contributed by atoms with Crippen molar-refractivity contribution in [1.82, 2.24) is 45.9 Å². The number of aromatic nitrogens is 6. The number of fused-ring (bicyclic) bond motifs is 6. The molecule has 0 radical (unpaired) electrons. The van der Waals surface area contributed by atoms with Gasteiger partial charge in [-0.3, -0.25) is 9.97 Å². The van der Waals surface area contributed by atoms with Crippen LogP contribution in [-0.4, -0.2) is 78.0 Å². The predicted molar refractivity (Wildman–Crippen MR) is 197 cm³/mol. The second kappa shape index (κ2) is 20.3. The number of nitrogens with one attached hydrogen (secondary N) is 5. The Labute approximate surface area is 280 Å². The molecule has 256 valence electrons. The number of rotatable bonds is 0. The highest BCUT2D eigenvalue weighted by Gasteiger charge is 2.22. The minimum atomic E-state index is 0.731. The minimum Gasteiger partial charge on any atom is -0.383 e. The zero-order valence-electron chi connectivity index (χ0n) is 29.7. The van der Waals surface area contributed by atoms with Gasteiger partial charge >= 0.3 is 0 Å². The van der Waals surface area contributed by atoms with Crippen molar-refractivity contribution in [2.75, 3.05) is 42.3 Å². The Bertz CT molecular complexity index is 1600. The first-order chi connectivity index (χ1) is 23.0. The normalized spacial score (nSPS) is 16.7. The quantitative estimate of drug-likeness (QED) is 0.150. The number of hydrogen-bond acceptors (Lipinski definition) is 9. The van der Waals surface area contributed by atoms with E-state index < -0.39 is 0 Å². The van der Waals surface area contributed by atoms with Crippen molar-refractivity contribution in [2.24, 2.45) is 10.7 Å². The Morgan fingerprint density at radius 3 is 1.60 bits per heavy atom. The Kier molecular flexibility index (Phi) is 16.2. The van der Waals surface area contributed by atoms with E-state index in [0.29, 0.717) is 0 Å². The average Bonchev–Trinajstić information content (AvgIpc) is 3.81. The zero-order chi connectivity index (χ0) is 34.0. The maximum atomic E-state index is 5.84. The molecule has 7 N–H and O–H groups in total. The lowest BCUT2D eigenvalue weighted by Crippen LogP contribution is -2.12. The molecule has 4 aromatic rings. The fraction of sp³-hybridized carbons (Fsp3) is 0.528. The maximum Gasteiger partial charge on any atom is 0.156 e. The van der Waals surface area contributed by atoms with Crippen LogP contribution >= 0.6 is 0 Å². The molecule has 4 aromatic heterocycles. The molecule has 3 aliphatic carbocycles.